The van der Waals surface area contributed by atoms with Gasteiger partial charge in [0.05, 0.1) is 37.8 Å². The molecule has 132 valence electrons. The summed E-state index contributed by atoms with van der Waals surface area (Å²) in [5, 5.41) is 43.3. The highest BCUT2D eigenvalue weighted by atomic mass is 32.2. The van der Waals surface area contributed by atoms with Crippen molar-refractivity contribution in [2.45, 2.75) is 29.6 Å². The lowest BCUT2D eigenvalue weighted by Gasteiger charge is -2.32. The fraction of sp³-hybridized carbons (Fsp3) is 0.286. The third kappa shape index (κ3) is 3.67. The fourth-order valence-corrected chi connectivity index (χ4v) is 3.77. The molecule has 1 aliphatic rings. The van der Waals surface area contributed by atoms with Gasteiger partial charge in [0.15, 0.2) is 4.90 Å². The summed E-state index contributed by atoms with van der Waals surface area (Å²) in [6.07, 6.45) is 4.77. The molecule has 2 rings (SSSR count). The molecule has 2 atom stereocenters. The first kappa shape index (κ1) is 18.5. The summed E-state index contributed by atoms with van der Waals surface area (Å²) in [7, 11) is 0. The highest BCUT2D eigenvalue weighted by molar-refractivity contribution is 8.00. The van der Waals surface area contributed by atoms with E-state index in [-0.39, 0.29) is 4.90 Å². The number of nitro benzene ring substituents is 3. The lowest BCUT2D eigenvalue weighted by Crippen LogP contribution is -2.37. The standard InChI is InChI=1S/C14H13N3O7S/c1-8-4-3-5-14(2,18)13(8)25-12-10(16(21)22)6-9(15(19)20)7-11(12)17(23)24/h3-7,13,18H,1-2H3. The van der Waals surface area contributed by atoms with Crippen molar-refractivity contribution in [2.75, 3.05) is 0 Å². The molecule has 1 N–H and O–H groups in total. The third-order valence-corrected chi connectivity index (χ3v) is 5.35. The van der Waals surface area contributed by atoms with Gasteiger partial charge in [0.25, 0.3) is 17.1 Å². The van der Waals surface area contributed by atoms with Crippen LogP contribution in [-0.2, 0) is 0 Å². The van der Waals surface area contributed by atoms with Crippen LogP contribution in [0.4, 0.5) is 17.1 Å². The summed E-state index contributed by atoms with van der Waals surface area (Å²) in [5.74, 6) is 0. The third-order valence-electron chi connectivity index (χ3n) is 3.61. The molecule has 0 radical (unpaired) electrons. The summed E-state index contributed by atoms with van der Waals surface area (Å²) in [6, 6.07) is 1.36. The molecule has 1 aromatic rings. The summed E-state index contributed by atoms with van der Waals surface area (Å²) >= 11 is 0.734. The van der Waals surface area contributed by atoms with Crippen molar-refractivity contribution in [3.63, 3.8) is 0 Å². The Morgan fingerprint density at radius 2 is 1.60 bits per heavy atom. The molecule has 0 heterocycles. The molecule has 0 saturated carbocycles. The number of nitrogens with zero attached hydrogens (tertiary/aromatic N) is 3. The molecule has 1 aliphatic carbocycles. The first-order valence-corrected chi connectivity index (χ1v) is 7.79. The van der Waals surface area contributed by atoms with Gasteiger partial charge in [-0.2, -0.15) is 0 Å². The van der Waals surface area contributed by atoms with E-state index in [0.29, 0.717) is 17.7 Å². The monoisotopic (exact) mass is 367 g/mol. The Morgan fingerprint density at radius 3 is 2.00 bits per heavy atom. The Kier molecular flexibility index (Phi) is 4.90. The number of nitro groups is 3. The molecule has 0 spiro atoms. The van der Waals surface area contributed by atoms with E-state index in [4.69, 9.17) is 0 Å². The van der Waals surface area contributed by atoms with Crippen LogP contribution >= 0.6 is 11.8 Å². The van der Waals surface area contributed by atoms with Crippen LogP contribution in [0.3, 0.4) is 0 Å². The van der Waals surface area contributed by atoms with Crippen LogP contribution in [0.1, 0.15) is 13.8 Å². The molecule has 0 aromatic heterocycles. The van der Waals surface area contributed by atoms with Crippen LogP contribution in [0.5, 0.6) is 0 Å². The average Bonchev–Trinajstić information content (AvgIpc) is 2.49. The van der Waals surface area contributed by atoms with Crippen molar-refractivity contribution in [2.24, 2.45) is 0 Å². The van der Waals surface area contributed by atoms with Gasteiger partial charge < -0.3 is 5.11 Å². The number of non-ortho nitro benzene ring substituents is 1. The SMILES string of the molecule is CC1=CC=CC(C)(O)C1Sc1c([N+](=O)[O-])cc([N+](=O)[O-])cc1[N+](=O)[O-]. The summed E-state index contributed by atoms with van der Waals surface area (Å²) in [4.78, 5) is 30.4. The van der Waals surface area contributed by atoms with Crippen molar-refractivity contribution in [3.05, 3.63) is 66.3 Å². The van der Waals surface area contributed by atoms with Crippen molar-refractivity contribution in [1.29, 1.82) is 0 Å². The van der Waals surface area contributed by atoms with Crippen LogP contribution in [0, 0.1) is 30.3 Å². The van der Waals surface area contributed by atoms with E-state index < -0.39 is 42.7 Å². The van der Waals surface area contributed by atoms with Gasteiger partial charge in [0.1, 0.15) is 0 Å². The van der Waals surface area contributed by atoms with E-state index in [1.807, 2.05) is 0 Å². The number of allylic oxidation sites excluding steroid dienone is 2. The molecular formula is C14H13N3O7S. The molecule has 0 fully saturated rings. The summed E-state index contributed by atoms with van der Waals surface area (Å²) < 4.78 is 0. The average molecular weight is 367 g/mol. The van der Waals surface area contributed by atoms with E-state index in [9.17, 15) is 35.4 Å². The lowest BCUT2D eigenvalue weighted by molar-refractivity contribution is -0.407. The van der Waals surface area contributed by atoms with E-state index in [2.05, 4.69) is 0 Å². The smallest absolute Gasteiger partial charge is 0.296 e. The predicted octanol–water partition coefficient (Wildman–Crippen LogP) is 3.14. The van der Waals surface area contributed by atoms with Crippen molar-refractivity contribution in [1.82, 2.24) is 0 Å². The Labute approximate surface area is 145 Å². The maximum atomic E-state index is 11.3. The molecule has 2 unspecified atom stereocenters. The minimum absolute atomic E-state index is 0.339. The maximum absolute atomic E-state index is 11.3. The zero-order chi connectivity index (χ0) is 18.9. The molecule has 1 aromatic carbocycles. The maximum Gasteiger partial charge on any atom is 0.296 e. The second-order valence-corrected chi connectivity index (χ2v) is 6.69. The number of hydrogen-bond acceptors (Lipinski definition) is 8. The molecule has 0 aliphatic heterocycles. The van der Waals surface area contributed by atoms with Gasteiger partial charge in [-0.25, -0.2) is 0 Å². The zero-order valence-corrected chi connectivity index (χ0v) is 13.9. The minimum Gasteiger partial charge on any atom is -0.385 e. The van der Waals surface area contributed by atoms with Crippen molar-refractivity contribution >= 4 is 28.8 Å². The Morgan fingerprint density at radius 1 is 1.08 bits per heavy atom. The zero-order valence-electron chi connectivity index (χ0n) is 13.1. The van der Waals surface area contributed by atoms with Gasteiger partial charge in [-0.15, -0.1) is 11.8 Å². The van der Waals surface area contributed by atoms with Crippen molar-refractivity contribution < 1.29 is 19.9 Å². The molecule has 10 nitrogen and oxygen atoms in total. The number of benzene rings is 1. The van der Waals surface area contributed by atoms with Crippen LogP contribution in [-0.4, -0.2) is 30.7 Å². The predicted molar refractivity (Wildman–Crippen MR) is 89.6 cm³/mol. The van der Waals surface area contributed by atoms with Gasteiger partial charge in [-0.3, -0.25) is 30.3 Å². The normalized spacial score (nSPS) is 22.4. The minimum atomic E-state index is -1.40. The molecule has 0 amide bonds. The first-order chi connectivity index (χ1) is 11.5. The van der Waals surface area contributed by atoms with Crippen LogP contribution in [0.15, 0.2) is 40.8 Å². The van der Waals surface area contributed by atoms with Gasteiger partial charge in [-0.05, 0) is 13.8 Å². The van der Waals surface area contributed by atoms with E-state index in [1.165, 1.54) is 13.0 Å². The number of thioether (sulfide) groups is 1. The van der Waals surface area contributed by atoms with Gasteiger partial charge in [0.2, 0.25) is 0 Å². The molecule has 0 bridgehead atoms. The van der Waals surface area contributed by atoms with Gasteiger partial charge >= 0.3 is 0 Å². The Bertz CT molecular complexity index is 797. The second-order valence-electron chi connectivity index (χ2n) is 5.58. The summed E-state index contributed by atoms with van der Waals surface area (Å²) in [5.41, 5.74) is -2.98. The number of rotatable bonds is 5. The fourth-order valence-electron chi connectivity index (χ4n) is 2.44. The molecular weight excluding hydrogens is 354 g/mol. The van der Waals surface area contributed by atoms with Gasteiger partial charge in [0, 0.05) is 0 Å². The van der Waals surface area contributed by atoms with E-state index in [0.717, 1.165) is 11.8 Å². The molecule has 25 heavy (non-hydrogen) atoms. The highest BCUT2D eigenvalue weighted by Crippen LogP contribution is 2.47. The first-order valence-electron chi connectivity index (χ1n) is 6.91. The number of hydrogen-bond donors (Lipinski definition) is 1. The van der Waals surface area contributed by atoms with Crippen molar-refractivity contribution in [3.8, 4) is 0 Å². The van der Waals surface area contributed by atoms with Crippen LogP contribution < -0.4 is 0 Å². The quantitative estimate of drug-likeness (QED) is 0.616. The molecule has 11 heteroatoms. The largest absolute Gasteiger partial charge is 0.385 e. The topological polar surface area (TPSA) is 150 Å². The van der Waals surface area contributed by atoms with E-state index in [1.54, 1.807) is 19.1 Å². The summed E-state index contributed by atoms with van der Waals surface area (Å²) in [6.45, 7) is 3.15. The Hall–Kier alpha value is -2.79. The Balaban J connectivity index is 2.65. The van der Waals surface area contributed by atoms with Crippen LogP contribution in [0.25, 0.3) is 0 Å². The second kappa shape index (κ2) is 6.61. The van der Waals surface area contributed by atoms with Crippen LogP contribution in [0.2, 0.25) is 0 Å². The highest BCUT2D eigenvalue weighted by Gasteiger charge is 2.39. The lowest BCUT2D eigenvalue weighted by atomic mass is 9.92. The number of aliphatic hydroxyl groups is 1. The van der Waals surface area contributed by atoms with Gasteiger partial charge in [-0.1, -0.05) is 23.8 Å². The molecule has 0 saturated heterocycles. The van der Waals surface area contributed by atoms with E-state index >= 15 is 0 Å².